The molecule has 1 saturated heterocycles. The fourth-order valence-electron chi connectivity index (χ4n) is 5.57. The van der Waals surface area contributed by atoms with Crippen LogP contribution in [0.15, 0.2) is 24.3 Å². The molecule has 2 fully saturated rings. The van der Waals surface area contributed by atoms with E-state index in [4.69, 9.17) is 9.47 Å². The second-order valence-electron chi connectivity index (χ2n) is 7.67. The number of carbonyl (C=O) groups is 3. The molecular weight excluding hydrogens is 308 g/mol. The van der Waals surface area contributed by atoms with Gasteiger partial charge in [-0.15, -0.1) is 0 Å². The number of fused-ring (bicyclic) bond motifs is 3. The number of hydrogen-bond acceptors (Lipinski definition) is 5. The molecule has 0 unspecified atom stereocenters. The summed E-state index contributed by atoms with van der Waals surface area (Å²) in [5.41, 5.74) is -1.14. The highest BCUT2D eigenvalue weighted by molar-refractivity contribution is 6.00. The molecular formula is C19H20O5. The van der Waals surface area contributed by atoms with E-state index < -0.39 is 40.3 Å². The Kier molecular flexibility index (Phi) is 2.86. The molecule has 4 atom stereocenters. The van der Waals surface area contributed by atoms with Gasteiger partial charge >= 0.3 is 17.9 Å². The maximum atomic E-state index is 12.9. The van der Waals surface area contributed by atoms with E-state index in [2.05, 4.69) is 6.92 Å². The molecule has 1 heterocycles. The Morgan fingerprint density at radius 2 is 1.71 bits per heavy atom. The number of esters is 3. The van der Waals surface area contributed by atoms with Gasteiger partial charge in [-0.3, -0.25) is 9.59 Å². The lowest BCUT2D eigenvalue weighted by Crippen LogP contribution is -2.64. The summed E-state index contributed by atoms with van der Waals surface area (Å²) in [6.07, 6.45) is 2.32. The molecule has 1 aromatic rings. The molecule has 1 aliphatic heterocycles. The Balaban J connectivity index is 2.08. The normalized spacial score (nSPS) is 39.7. The summed E-state index contributed by atoms with van der Waals surface area (Å²) in [5, 5.41) is 0. The molecule has 0 N–H and O–H groups in total. The van der Waals surface area contributed by atoms with Gasteiger partial charge in [-0.1, -0.05) is 37.6 Å². The Labute approximate surface area is 140 Å². The standard InChI is InChI=1S/C19H20O5/c1-11(20)24-19-13-8-5-4-7-12(13)17(2)9-6-10-18(3,14(17)19)15(21)23-16(19)22/h4-5,7-8,14H,6,9-10H2,1-3H3/t14-,17+,18-,19+/m1/s1. The van der Waals surface area contributed by atoms with Crippen LogP contribution in [0.3, 0.4) is 0 Å². The Morgan fingerprint density at radius 1 is 1.08 bits per heavy atom. The largest absolute Gasteiger partial charge is 0.442 e. The van der Waals surface area contributed by atoms with Crippen LogP contribution in [0.25, 0.3) is 0 Å². The van der Waals surface area contributed by atoms with Crippen molar-refractivity contribution in [1.29, 1.82) is 0 Å². The summed E-state index contributed by atoms with van der Waals surface area (Å²) >= 11 is 0. The van der Waals surface area contributed by atoms with Gasteiger partial charge in [0.05, 0.1) is 5.41 Å². The van der Waals surface area contributed by atoms with Gasteiger partial charge in [0.15, 0.2) is 0 Å². The van der Waals surface area contributed by atoms with Gasteiger partial charge in [-0.25, -0.2) is 4.79 Å². The number of carbonyl (C=O) groups excluding carboxylic acids is 3. The molecule has 1 saturated carbocycles. The Bertz CT molecular complexity index is 784. The van der Waals surface area contributed by atoms with E-state index in [0.29, 0.717) is 12.0 Å². The monoisotopic (exact) mass is 328 g/mol. The van der Waals surface area contributed by atoms with E-state index in [1.54, 1.807) is 0 Å². The van der Waals surface area contributed by atoms with Crippen LogP contribution in [0.4, 0.5) is 0 Å². The van der Waals surface area contributed by atoms with E-state index in [1.165, 1.54) is 6.92 Å². The molecule has 126 valence electrons. The molecule has 2 aliphatic carbocycles. The SMILES string of the molecule is CC(=O)O[C@@]12C(=O)OC(=O)[C@]3(C)CCC[C@@](C)(c4ccccc41)[C@H]32. The summed E-state index contributed by atoms with van der Waals surface area (Å²) in [6, 6.07) is 7.54. The minimum atomic E-state index is -1.53. The molecule has 3 aliphatic rings. The third kappa shape index (κ3) is 1.53. The summed E-state index contributed by atoms with van der Waals surface area (Å²) in [4.78, 5) is 37.4. The fraction of sp³-hybridized carbons (Fsp3) is 0.526. The second-order valence-corrected chi connectivity index (χ2v) is 7.67. The number of ether oxygens (including phenoxy) is 2. The fourth-order valence-corrected chi connectivity index (χ4v) is 5.57. The average molecular weight is 328 g/mol. The van der Waals surface area contributed by atoms with Crippen molar-refractivity contribution in [2.45, 2.75) is 51.0 Å². The first-order valence-corrected chi connectivity index (χ1v) is 8.33. The predicted octanol–water partition coefficient (Wildman–Crippen LogP) is 2.61. The van der Waals surface area contributed by atoms with Crippen molar-refractivity contribution in [2.24, 2.45) is 11.3 Å². The molecule has 0 amide bonds. The number of rotatable bonds is 1. The third-order valence-electron chi connectivity index (χ3n) is 6.28. The smallest absolute Gasteiger partial charge is 0.363 e. The van der Waals surface area contributed by atoms with Crippen LogP contribution in [0.2, 0.25) is 0 Å². The summed E-state index contributed by atoms with van der Waals surface area (Å²) < 4.78 is 10.8. The van der Waals surface area contributed by atoms with Gasteiger partial charge in [0.25, 0.3) is 0 Å². The van der Waals surface area contributed by atoms with Crippen molar-refractivity contribution >= 4 is 17.9 Å². The van der Waals surface area contributed by atoms with Crippen molar-refractivity contribution in [3.63, 3.8) is 0 Å². The first-order valence-electron chi connectivity index (χ1n) is 8.33. The Morgan fingerprint density at radius 3 is 2.38 bits per heavy atom. The first kappa shape index (κ1) is 15.4. The van der Waals surface area contributed by atoms with E-state index in [1.807, 2.05) is 31.2 Å². The lowest BCUT2D eigenvalue weighted by Gasteiger charge is -2.53. The minimum Gasteiger partial charge on any atom is -0.442 e. The molecule has 1 aromatic carbocycles. The minimum absolute atomic E-state index is 0.409. The van der Waals surface area contributed by atoms with E-state index >= 15 is 0 Å². The molecule has 0 aromatic heterocycles. The lowest BCUT2D eigenvalue weighted by molar-refractivity contribution is -0.227. The predicted molar refractivity (Wildman–Crippen MR) is 83.8 cm³/mol. The quantitative estimate of drug-likeness (QED) is 0.585. The van der Waals surface area contributed by atoms with Crippen molar-refractivity contribution in [3.8, 4) is 0 Å². The van der Waals surface area contributed by atoms with E-state index in [9.17, 15) is 14.4 Å². The van der Waals surface area contributed by atoms with Crippen LogP contribution in [-0.4, -0.2) is 17.9 Å². The zero-order chi connectivity index (χ0) is 17.3. The van der Waals surface area contributed by atoms with Crippen LogP contribution in [0, 0.1) is 11.3 Å². The summed E-state index contributed by atoms with van der Waals surface area (Å²) in [7, 11) is 0. The maximum Gasteiger partial charge on any atom is 0.363 e. The molecule has 24 heavy (non-hydrogen) atoms. The van der Waals surface area contributed by atoms with E-state index in [0.717, 1.165) is 18.4 Å². The first-order chi connectivity index (χ1) is 11.3. The van der Waals surface area contributed by atoms with Crippen molar-refractivity contribution in [1.82, 2.24) is 0 Å². The molecule has 4 rings (SSSR count). The van der Waals surface area contributed by atoms with Crippen molar-refractivity contribution in [3.05, 3.63) is 35.4 Å². The van der Waals surface area contributed by atoms with Crippen LogP contribution < -0.4 is 0 Å². The zero-order valence-electron chi connectivity index (χ0n) is 14.0. The van der Waals surface area contributed by atoms with Gasteiger partial charge in [0, 0.05) is 23.8 Å². The summed E-state index contributed by atoms with van der Waals surface area (Å²) in [6.45, 7) is 5.20. The van der Waals surface area contributed by atoms with E-state index in [-0.39, 0.29) is 0 Å². The zero-order valence-corrected chi connectivity index (χ0v) is 14.0. The molecule has 5 heteroatoms. The van der Waals surface area contributed by atoms with Crippen LogP contribution in [0.1, 0.15) is 51.2 Å². The number of cyclic esters (lactones) is 2. The van der Waals surface area contributed by atoms with Crippen molar-refractivity contribution < 1.29 is 23.9 Å². The third-order valence-corrected chi connectivity index (χ3v) is 6.28. The van der Waals surface area contributed by atoms with Crippen LogP contribution >= 0.6 is 0 Å². The van der Waals surface area contributed by atoms with Gasteiger partial charge in [0.2, 0.25) is 5.60 Å². The highest BCUT2D eigenvalue weighted by atomic mass is 16.6. The van der Waals surface area contributed by atoms with Gasteiger partial charge in [0.1, 0.15) is 0 Å². The number of hydrogen-bond donors (Lipinski definition) is 0. The topological polar surface area (TPSA) is 69.7 Å². The summed E-state index contributed by atoms with van der Waals surface area (Å²) in [5.74, 6) is -2.25. The van der Waals surface area contributed by atoms with Gasteiger partial charge in [-0.2, -0.15) is 0 Å². The maximum absolute atomic E-state index is 12.9. The molecule has 0 spiro atoms. The highest BCUT2D eigenvalue weighted by Crippen LogP contribution is 2.68. The average Bonchev–Trinajstić information content (AvgIpc) is 2.74. The molecule has 5 nitrogen and oxygen atoms in total. The van der Waals surface area contributed by atoms with Crippen LogP contribution in [-0.2, 0) is 34.9 Å². The Hall–Kier alpha value is -2.17. The highest BCUT2D eigenvalue weighted by Gasteiger charge is 2.75. The van der Waals surface area contributed by atoms with Crippen LogP contribution in [0.5, 0.6) is 0 Å². The number of benzene rings is 1. The van der Waals surface area contributed by atoms with Crippen molar-refractivity contribution in [2.75, 3.05) is 0 Å². The molecule has 0 radical (unpaired) electrons. The molecule has 0 bridgehead atoms. The van der Waals surface area contributed by atoms with Gasteiger partial charge in [-0.05, 0) is 25.3 Å². The second kappa shape index (κ2) is 4.47. The van der Waals surface area contributed by atoms with Gasteiger partial charge < -0.3 is 9.47 Å². The lowest BCUT2D eigenvalue weighted by atomic mass is 9.52.